The molecule has 0 saturated carbocycles. The van der Waals surface area contributed by atoms with Crippen LogP contribution in [-0.4, -0.2) is 82.9 Å². The molecule has 2 aromatic rings. The summed E-state index contributed by atoms with van der Waals surface area (Å²) in [6.45, 7) is 2.89. The van der Waals surface area contributed by atoms with E-state index >= 15 is 0 Å². The second-order valence-electron chi connectivity index (χ2n) is 7.57. The van der Waals surface area contributed by atoms with Crippen LogP contribution in [0.1, 0.15) is 12.0 Å². The molecule has 1 aliphatic heterocycles. The maximum atomic E-state index is 13.3. The Hall–Kier alpha value is -2.11. The predicted molar refractivity (Wildman–Crippen MR) is 115 cm³/mol. The fourth-order valence-electron chi connectivity index (χ4n) is 3.77. The first kappa shape index (κ1) is 23.6. The number of aromatic nitrogens is 1. The molecule has 0 aliphatic carbocycles. The Kier molecular flexibility index (Phi) is 7.95. The Morgan fingerprint density at radius 2 is 2.00 bits per heavy atom. The lowest BCUT2D eigenvalue weighted by molar-refractivity contribution is -0.131. The molecule has 10 heteroatoms. The SMILES string of the molecule is COCC(COC)OCC(=O)N[C@H]1CCN(S(=O)(=O)c2cccc3cncc(C)c23)C1. The number of hydrogen-bond donors (Lipinski definition) is 1. The van der Waals surface area contributed by atoms with Crippen molar-refractivity contribution in [3.63, 3.8) is 0 Å². The number of fused-ring (bicyclic) bond motifs is 1. The van der Waals surface area contributed by atoms with E-state index in [4.69, 9.17) is 14.2 Å². The number of methoxy groups -OCH3 is 2. The number of nitrogens with zero attached hydrogens (tertiary/aromatic N) is 2. The van der Waals surface area contributed by atoms with Gasteiger partial charge in [-0.1, -0.05) is 12.1 Å². The fourth-order valence-corrected chi connectivity index (χ4v) is 5.56. The number of nitrogens with one attached hydrogen (secondary N) is 1. The van der Waals surface area contributed by atoms with Gasteiger partial charge < -0.3 is 19.5 Å². The lowest BCUT2D eigenvalue weighted by Gasteiger charge is -2.19. The number of sulfonamides is 1. The number of aryl methyl sites for hydroxylation is 1. The van der Waals surface area contributed by atoms with Gasteiger partial charge in [-0.3, -0.25) is 9.78 Å². The van der Waals surface area contributed by atoms with Gasteiger partial charge in [-0.25, -0.2) is 8.42 Å². The van der Waals surface area contributed by atoms with Gasteiger partial charge in [-0.05, 0) is 25.0 Å². The number of benzene rings is 1. The highest BCUT2D eigenvalue weighted by molar-refractivity contribution is 7.89. The van der Waals surface area contributed by atoms with Crippen molar-refractivity contribution < 1.29 is 27.4 Å². The molecule has 0 unspecified atom stereocenters. The number of pyridine rings is 1. The standard InChI is InChI=1S/C21H29N3O6S/c1-15-9-22-10-16-5-4-6-19(21(15)16)31(26,27)24-8-7-17(11-24)23-20(25)14-30-18(12-28-2)13-29-3/h4-6,9-10,17-18H,7-8,11-14H2,1-3H3,(H,23,25)/t17-/m0/s1. The number of carbonyl (C=O) groups excluding carboxylic acids is 1. The molecule has 1 fully saturated rings. The van der Waals surface area contributed by atoms with Crippen LogP contribution in [0.25, 0.3) is 10.8 Å². The highest BCUT2D eigenvalue weighted by Crippen LogP contribution is 2.29. The molecule has 1 atom stereocenters. The van der Waals surface area contributed by atoms with Crippen LogP contribution >= 0.6 is 0 Å². The van der Waals surface area contributed by atoms with E-state index in [0.717, 1.165) is 10.9 Å². The van der Waals surface area contributed by atoms with Gasteiger partial charge in [0, 0.05) is 56.5 Å². The Bertz CT molecular complexity index is 1000. The minimum absolute atomic E-state index is 0.143. The fraction of sp³-hybridized carbons (Fsp3) is 0.524. The van der Waals surface area contributed by atoms with Crippen LogP contribution < -0.4 is 5.32 Å². The first-order valence-electron chi connectivity index (χ1n) is 10.1. The monoisotopic (exact) mass is 451 g/mol. The van der Waals surface area contributed by atoms with Crippen molar-refractivity contribution in [2.75, 3.05) is 47.1 Å². The van der Waals surface area contributed by atoms with Gasteiger partial charge in [0.1, 0.15) is 12.7 Å². The summed E-state index contributed by atoms with van der Waals surface area (Å²) in [5.41, 5.74) is 0.805. The van der Waals surface area contributed by atoms with Crippen molar-refractivity contribution in [2.45, 2.75) is 30.4 Å². The maximum absolute atomic E-state index is 13.3. The van der Waals surface area contributed by atoms with Gasteiger partial charge in [-0.15, -0.1) is 0 Å². The van der Waals surface area contributed by atoms with Gasteiger partial charge >= 0.3 is 0 Å². The lowest BCUT2D eigenvalue weighted by atomic mass is 10.1. The minimum Gasteiger partial charge on any atom is -0.382 e. The highest BCUT2D eigenvalue weighted by Gasteiger charge is 2.34. The Labute approximate surface area is 182 Å². The molecular formula is C21H29N3O6S. The van der Waals surface area contributed by atoms with Gasteiger partial charge in [0.15, 0.2) is 0 Å². The van der Waals surface area contributed by atoms with E-state index in [2.05, 4.69) is 10.3 Å². The zero-order valence-corrected chi connectivity index (χ0v) is 18.9. The lowest BCUT2D eigenvalue weighted by Crippen LogP contribution is -2.41. The van der Waals surface area contributed by atoms with Crippen molar-refractivity contribution in [1.82, 2.24) is 14.6 Å². The summed E-state index contributed by atoms with van der Waals surface area (Å²) in [6.07, 6.45) is 3.52. The molecule has 1 saturated heterocycles. The van der Waals surface area contributed by atoms with E-state index in [-0.39, 0.29) is 36.1 Å². The maximum Gasteiger partial charge on any atom is 0.246 e. The zero-order valence-electron chi connectivity index (χ0n) is 18.0. The Morgan fingerprint density at radius 3 is 2.71 bits per heavy atom. The first-order valence-corrected chi connectivity index (χ1v) is 11.5. The normalized spacial score (nSPS) is 17.5. The van der Waals surface area contributed by atoms with Crippen LogP contribution in [0.2, 0.25) is 0 Å². The van der Waals surface area contributed by atoms with Gasteiger partial charge in [0.05, 0.1) is 18.1 Å². The summed E-state index contributed by atoms with van der Waals surface area (Å²) in [5.74, 6) is -0.298. The van der Waals surface area contributed by atoms with E-state index in [1.807, 2.05) is 13.0 Å². The molecule has 170 valence electrons. The summed E-state index contributed by atoms with van der Waals surface area (Å²) < 4.78 is 43.7. The Balaban J connectivity index is 1.64. The first-order chi connectivity index (χ1) is 14.9. The summed E-state index contributed by atoms with van der Waals surface area (Å²) in [7, 11) is -0.609. The third kappa shape index (κ3) is 5.58. The smallest absolute Gasteiger partial charge is 0.246 e. The molecule has 3 rings (SSSR count). The topological polar surface area (TPSA) is 107 Å². The number of carbonyl (C=O) groups is 1. The van der Waals surface area contributed by atoms with E-state index < -0.39 is 10.0 Å². The second-order valence-corrected chi connectivity index (χ2v) is 9.48. The third-order valence-electron chi connectivity index (χ3n) is 5.22. The van der Waals surface area contributed by atoms with Gasteiger partial charge in [0.2, 0.25) is 15.9 Å². The average Bonchev–Trinajstić information content (AvgIpc) is 3.21. The van der Waals surface area contributed by atoms with Crippen LogP contribution in [-0.2, 0) is 29.0 Å². The van der Waals surface area contributed by atoms with E-state index in [1.54, 1.807) is 38.7 Å². The van der Waals surface area contributed by atoms with Crippen LogP contribution in [0.3, 0.4) is 0 Å². The molecule has 1 aromatic heterocycles. The molecule has 1 amide bonds. The molecule has 31 heavy (non-hydrogen) atoms. The minimum atomic E-state index is -3.71. The predicted octanol–water partition coefficient (Wildman–Crippen LogP) is 1.10. The largest absolute Gasteiger partial charge is 0.382 e. The summed E-state index contributed by atoms with van der Waals surface area (Å²) in [4.78, 5) is 16.7. The number of ether oxygens (including phenoxy) is 3. The third-order valence-corrected chi connectivity index (χ3v) is 7.13. The van der Waals surface area contributed by atoms with Crippen molar-refractivity contribution >= 4 is 26.7 Å². The molecule has 0 bridgehead atoms. The van der Waals surface area contributed by atoms with Crippen molar-refractivity contribution in [3.8, 4) is 0 Å². The molecule has 2 heterocycles. The molecule has 0 radical (unpaired) electrons. The highest BCUT2D eigenvalue weighted by atomic mass is 32.2. The van der Waals surface area contributed by atoms with Crippen molar-refractivity contribution in [2.24, 2.45) is 0 Å². The van der Waals surface area contributed by atoms with E-state index in [0.29, 0.717) is 31.6 Å². The Morgan fingerprint density at radius 1 is 1.26 bits per heavy atom. The average molecular weight is 452 g/mol. The van der Waals surface area contributed by atoms with E-state index in [1.165, 1.54) is 4.31 Å². The summed E-state index contributed by atoms with van der Waals surface area (Å²) in [5, 5.41) is 4.32. The molecule has 1 aromatic carbocycles. The quantitative estimate of drug-likeness (QED) is 0.576. The molecule has 1 N–H and O–H groups in total. The molecule has 1 aliphatic rings. The van der Waals surface area contributed by atoms with Gasteiger partial charge in [-0.2, -0.15) is 4.31 Å². The van der Waals surface area contributed by atoms with Crippen LogP contribution in [0, 0.1) is 6.92 Å². The summed E-state index contributed by atoms with van der Waals surface area (Å²) in [6, 6.07) is 4.92. The number of rotatable bonds is 10. The van der Waals surface area contributed by atoms with Crippen LogP contribution in [0.5, 0.6) is 0 Å². The molecule has 9 nitrogen and oxygen atoms in total. The van der Waals surface area contributed by atoms with Crippen LogP contribution in [0.4, 0.5) is 0 Å². The summed E-state index contributed by atoms with van der Waals surface area (Å²) >= 11 is 0. The van der Waals surface area contributed by atoms with Crippen molar-refractivity contribution in [1.29, 1.82) is 0 Å². The zero-order chi connectivity index (χ0) is 22.4. The molecule has 0 spiro atoms. The number of hydrogen-bond acceptors (Lipinski definition) is 7. The van der Waals surface area contributed by atoms with Gasteiger partial charge in [0.25, 0.3) is 0 Å². The van der Waals surface area contributed by atoms with Crippen molar-refractivity contribution in [3.05, 3.63) is 36.2 Å². The second kappa shape index (κ2) is 10.5. The number of amides is 1. The van der Waals surface area contributed by atoms with Crippen LogP contribution in [0.15, 0.2) is 35.5 Å². The molecular weight excluding hydrogens is 422 g/mol. The van der Waals surface area contributed by atoms with E-state index in [9.17, 15) is 13.2 Å².